The van der Waals surface area contributed by atoms with E-state index in [1.165, 1.54) is 10.7 Å². The van der Waals surface area contributed by atoms with Crippen molar-refractivity contribution in [1.29, 1.82) is 0 Å². The largest absolute Gasteiger partial charge is 0.476 e. The monoisotopic (exact) mass is 280 g/mol. The Kier molecular flexibility index (Phi) is 2.60. The average Bonchev–Trinajstić information content (AvgIpc) is 2.97. The van der Waals surface area contributed by atoms with Crippen LogP contribution < -0.4 is 9.47 Å². The molecule has 0 spiro atoms. The summed E-state index contributed by atoms with van der Waals surface area (Å²) in [5, 5.41) is 13.2. The maximum atomic E-state index is 10.9. The molecule has 1 aliphatic rings. The lowest BCUT2D eigenvalue weighted by atomic mass is 10.1. The first-order chi connectivity index (χ1) is 9.08. The maximum Gasteiger partial charge on any atom is 0.356 e. The first-order valence-corrected chi connectivity index (χ1v) is 5.81. The number of rotatable bonds is 2. The third-order valence-corrected chi connectivity index (χ3v) is 3.23. The van der Waals surface area contributed by atoms with Gasteiger partial charge in [-0.1, -0.05) is 11.6 Å². The van der Waals surface area contributed by atoms with Crippen LogP contribution in [0, 0.1) is 0 Å². The zero-order valence-corrected chi connectivity index (χ0v) is 10.6. The fourth-order valence-corrected chi connectivity index (χ4v) is 2.27. The highest BCUT2D eigenvalue weighted by Crippen LogP contribution is 2.44. The topological polar surface area (TPSA) is 73.6 Å². The average molecular weight is 281 g/mol. The van der Waals surface area contributed by atoms with Gasteiger partial charge in [-0.2, -0.15) is 5.10 Å². The maximum absolute atomic E-state index is 10.9. The first-order valence-electron chi connectivity index (χ1n) is 5.43. The molecule has 1 N–H and O–H groups in total. The summed E-state index contributed by atoms with van der Waals surface area (Å²) in [6.45, 7) is 0.129. The molecule has 19 heavy (non-hydrogen) atoms. The normalized spacial score (nSPS) is 12.7. The SMILES string of the molecule is Cn1nc(C(=O)O)cc1-c1ccc2c(c1Cl)OCO2. The van der Waals surface area contributed by atoms with Crippen molar-refractivity contribution in [3.05, 3.63) is 28.9 Å². The van der Waals surface area contributed by atoms with E-state index in [0.29, 0.717) is 27.8 Å². The third kappa shape index (κ3) is 1.80. The van der Waals surface area contributed by atoms with Crippen LogP contribution >= 0.6 is 11.6 Å². The van der Waals surface area contributed by atoms with Gasteiger partial charge in [0.05, 0.1) is 10.7 Å². The molecule has 2 heterocycles. The Morgan fingerprint density at radius 2 is 2.26 bits per heavy atom. The van der Waals surface area contributed by atoms with Crippen molar-refractivity contribution in [2.45, 2.75) is 0 Å². The van der Waals surface area contributed by atoms with Gasteiger partial charge in [-0.15, -0.1) is 0 Å². The molecule has 0 amide bonds. The van der Waals surface area contributed by atoms with Crippen LogP contribution in [0.5, 0.6) is 11.5 Å². The van der Waals surface area contributed by atoms with Crippen molar-refractivity contribution in [3.63, 3.8) is 0 Å². The fourth-order valence-electron chi connectivity index (χ4n) is 1.96. The minimum Gasteiger partial charge on any atom is -0.476 e. The lowest BCUT2D eigenvalue weighted by Gasteiger charge is -2.06. The molecule has 1 aliphatic heterocycles. The highest BCUT2D eigenvalue weighted by atomic mass is 35.5. The molecule has 6 nitrogen and oxygen atoms in total. The van der Waals surface area contributed by atoms with E-state index in [1.54, 1.807) is 19.2 Å². The number of carboxylic acids is 1. The first kappa shape index (κ1) is 11.9. The summed E-state index contributed by atoms with van der Waals surface area (Å²) in [6, 6.07) is 4.95. The Hall–Kier alpha value is -2.21. The zero-order chi connectivity index (χ0) is 13.6. The molecule has 0 fully saturated rings. The van der Waals surface area contributed by atoms with Crippen LogP contribution in [0.4, 0.5) is 0 Å². The van der Waals surface area contributed by atoms with Crippen LogP contribution in [0.15, 0.2) is 18.2 Å². The molecule has 0 saturated carbocycles. The molecule has 0 radical (unpaired) electrons. The van der Waals surface area contributed by atoms with E-state index in [-0.39, 0.29) is 12.5 Å². The van der Waals surface area contributed by atoms with Crippen LogP contribution in [-0.4, -0.2) is 27.6 Å². The van der Waals surface area contributed by atoms with Crippen molar-refractivity contribution >= 4 is 17.6 Å². The van der Waals surface area contributed by atoms with Crippen LogP contribution in [0.25, 0.3) is 11.3 Å². The van der Waals surface area contributed by atoms with Crippen LogP contribution in [0.1, 0.15) is 10.5 Å². The quantitative estimate of drug-likeness (QED) is 0.912. The second-order valence-corrected chi connectivity index (χ2v) is 4.38. The number of hydrogen-bond donors (Lipinski definition) is 1. The van der Waals surface area contributed by atoms with Gasteiger partial charge in [0.1, 0.15) is 0 Å². The van der Waals surface area contributed by atoms with E-state index in [9.17, 15) is 4.79 Å². The molecular formula is C12H9ClN2O4. The summed E-state index contributed by atoms with van der Waals surface area (Å²) in [5.74, 6) is -0.0367. The molecule has 3 rings (SSSR count). The van der Waals surface area contributed by atoms with Gasteiger partial charge in [-0.3, -0.25) is 4.68 Å². The van der Waals surface area contributed by atoms with Gasteiger partial charge < -0.3 is 14.6 Å². The van der Waals surface area contributed by atoms with E-state index in [1.807, 2.05) is 0 Å². The number of aromatic carboxylic acids is 1. The molecule has 1 aromatic heterocycles. The van der Waals surface area contributed by atoms with E-state index < -0.39 is 5.97 Å². The van der Waals surface area contributed by atoms with Crippen molar-refractivity contribution < 1.29 is 19.4 Å². The van der Waals surface area contributed by atoms with Crippen LogP contribution in [0.3, 0.4) is 0 Å². The van der Waals surface area contributed by atoms with Crippen molar-refractivity contribution in [2.75, 3.05) is 6.79 Å². The summed E-state index contributed by atoms with van der Waals surface area (Å²) in [5.41, 5.74) is 1.21. The number of nitrogens with zero attached hydrogens (tertiary/aromatic N) is 2. The molecule has 0 aliphatic carbocycles. The molecular weight excluding hydrogens is 272 g/mol. The minimum absolute atomic E-state index is 0.0359. The Labute approximate surface area is 113 Å². The minimum atomic E-state index is -1.08. The predicted octanol–water partition coefficient (Wildman–Crippen LogP) is 2.17. The van der Waals surface area contributed by atoms with Crippen LogP contribution in [0.2, 0.25) is 5.02 Å². The van der Waals surface area contributed by atoms with Gasteiger partial charge >= 0.3 is 5.97 Å². The number of carbonyl (C=O) groups is 1. The second-order valence-electron chi connectivity index (χ2n) is 4.00. The molecule has 0 saturated heterocycles. The Bertz CT molecular complexity index is 681. The van der Waals surface area contributed by atoms with Gasteiger partial charge in [0.25, 0.3) is 0 Å². The van der Waals surface area contributed by atoms with Gasteiger partial charge in [-0.25, -0.2) is 4.79 Å². The number of hydrogen-bond acceptors (Lipinski definition) is 4. The second kappa shape index (κ2) is 4.17. The van der Waals surface area contributed by atoms with E-state index in [2.05, 4.69) is 5.10 Å². The third-order valence-electron chi connectivity index (χ3n) is 2.85. The fraction of sp³-hybridized carbons (Fsp3) is 0.167. The molecule has 7 heteroatoms. The Balaban J connectivity index is 2.15. The summed E-state index contributed by atoms with van der Waals surface area (Å²) >= 11 is 6.26. The number of carboxylic acid groups (broad SMARTS) is 1. The van der Waals surface area contributed by atoms with Crippen molar-refractivity contribution in [3.8, 4) is 22.8 Å². The van der Waals surface area contributed by atoms with E-state index in [4.69, 9.17) is 26.2 Å². The zero-order valence-electron chi connectivity index (χ0n) is 9.88. The molecule has 0 unspecified atom stereocenters. The van der Waals surface area contributed by atoms with Gasteiger partial charge in [0.2, 0.25) is 6.79 Å². The highest BCUT2D eigenvalue weighted by molar-refractivity contribution is 6.35. The van der Waals surface area contributed by atoms with Crippen molar-refractivity contribution in [2.24, 2.45) is 7.05 Å². The predicted molar refractivity (Wildman–Crippen MR) is 66.7 cm³/mol. The number of fused-ring (bicyclic) bond motifs is 1. The van der Waals surface area contributed by atoms with Crippen LogP contribution in [-0.2, 0) is 7.05 Å². The summed E-state index contributed by atoms with van der Waals surface area (Å²) in [7, 11) is 1.66. The summed E-state index contributed by atoms with van der Waals surface area (Å²) in [6.07, 6.45) is 0. The van der Waals surface area contributed by atoms with Gasteiger partial charge in [-0.05, 0) is 18.2 Å². The van der Waals surface area contributed by atoms with E-state index >= 15 is 0 Å². The summed E-state index contributed by atoms with van der Waals surface area (Å²) < 4.78 is 12.0. The number of ether oxygens (including phenoxy) is 2. The number of aryl methyl sites for hydroxylation is 1. The number of benzene rings is 1. The Morgan fingerprint density at radius 1 is 1.47 bits per heavy atom. The highest BCUT2D eigenvalue weighted by Gasteiger charge is 2.22. The van der Waals surface area contributed by atoms with E-state index in [0.717, 1.165) is 0 Å². The molecule has 0 atom stereocenters. The molecule has 98 valence electrons. The molecule has 0 bridgehead atoms. The van der Waals surface area contributed by atoms with Gasteiger partial charge in [0.15, 0.2) is 17.2 Å². The molecule has 1 aromatic carbocycles. The lowest BCUT2D eigenvalue weighted by molar-refractivity contribution is 0.0689. The number of halogens is 1. The van der Waals surface area contributed by atoms with Gasteiger partial charge in [0, 0.05) is 12.6 Å². The standard InChI is InChI=1S/C12H9ClN2O4/c1-15-8(4-7(14-15)12(16)17)6-2-3-9-11(10(6)13)19-5-18-9/h2-4H,5H2,1H3,(H,16,17). The lowest BCUT2D eigenvalue weighted by Crippen LogP contribution is -1.99. The summed E-state index contributed by atoms with van der Waals surface area (Å²) in [4.78, 5) is 10.9. The van der Waals surface area contributed by atoms with Crippen molar-refractivity contribution in [1.82, 2.24) is 9.78 Å². The molecule has 2 aromatic rings. The Morgan fingerprint density at radius 3 is 2.95 bits per heavy atom. The smallest absolute Gasteiger partial charge is 0.356 e. The number of aromatic nitrogens is 2.